The monoisotopic (exact) mass is 224 g/mol. The Morgan fingerprint density at radius 1 is 1.24 bits per heavy atom. The van der Waals surface area contributed by atoms with Gasteiger partial charge in [-0.2, -0.15) is 0 Å². The summed E-state index contributed by atoms with van der Waals surface area (Å²) in [7, 11) is 0. The second kappa shape index (κ2) is 4.50. The van der Waals surface area contributed by atoms with E-state index in [0.29, 0.717) is 0 Å². The molecule has 0 spiro atoms. The first-order valence-corrected chi connectivity index (χ1v) is 5.65. The van der Waals surface area contributed by atoms with E-state index in [0.717, 1.165) is 33.4 Å². The number of hydrogen-bond donors (Lipinski definition) is 0. The third kappa shape index (κ3) is 2.26. The molecule has 2 heteroatoms. The fourth-order valence-electron chi connectivity index (χ4n) is 1.63. The van der Waals surface area contributed by atoms with Crippen LogP contribution in [0.5, 0.6) is 0 Å². The van der Waals surface area contributed by atoms with Crippen molar-refractivity contribution in [2.24, 2.45) is 4.99 Å². The second-order valence-corrected chi connectivity index (χ2v) is 4.28. The number of allylic oxidation sites excluding steroid dienone is 1. The highest BCUT2D eigenvalue weighted by molar-refractivity contribution is 6.02. The fraction of sp³-hybridized carbons (Fsp3) is 0.200. The van der Waals surface area contributed by atoms with E-state index in [1.807, 2.05) is 19.9 Å². The number of hydrogen-bond acceptors (Lipinski definition) is 2. The van der Waals surface area contributed by atoms with E-state index >= 15 is 0 Å². The maximum atomic E-state index is 4.64. The molecule has 86 valence electrons. The van der Waals surface area contributed by atoms with Crippen LogP contribution >= 0.6 is 0 Å². The lowest BCUT2D eigenvalue weighted by molar-refractivity contribution is 1.34. The molecule has 0 aliphatic rings. The molecule has 0 bridgehead atoms. The SMILES string of the molecule is C=C(C)C(C)=Nc1c(C)ccc2cccnc12. The lowest BCUT2D eigenvalue weighted by Crippen LogP contribution is -1.92. The molecule has 1 aromatic carbocycles. The molecule has 0 atom stereocenters. The Balaban J connectivity index is 2.71. The molecule has 0 amide bonds. The predicted octanol–water partition coefficient (Wildman–Crippen LogP) is 4.21. The van der Waals surface area contributed by atoms with Gasteiger partial charge in [0.05, 0.1) is 11.2 Å². The first-order chi connectivity index (χ1) is 8.09. The lowest BCUT2D eigenvalue weighted by Gasteiger charge is -2.06. The van der Waals surface area contributed by atoms with E-state index in [1.54, 1.807) is 6.20 Å². The van der Waals surface area contributed by atoms with Gasteiger partial charge >= 0.3 is 0 Å². The van der Waals surface area contributed by atoms with Gasteiger partial charge in [-0.15, -0.1) is 0 Å². The molecule has 0 N–H and O–H groups in total. The molecular weight excluding hydrogens is 208 g/mol. The van der Waals surface area contributed by atoms with Gasteiger partial charge in [-0.05, 0) is 38.0 Å². The van der Waals surface area contributed by atoms with Crippen molar-refractivity contribution >= 4 is 22.3 Å². The number of rotatable bonds is 2. The van der Waals surface area contributed by atoms with Crippen molar-refractivity contribution in [2.45, 2.75) is 20.8 Å². The highest BCUT2D eigenvalue weighted by atomic mass is 14.8. The molecule has 1 aromatic heterocycles. The Morgan fingerprint density at radius 3 is 2.71 bits per heavy atom. The van der Waals surface area contributed by atoms with Gasteiger partial charge in [0, 0.05) is 17.3 Å². The van der Waals surface area contributed by atoms with Crippen LogP contribution in [0.1, 0.15) is 19.4 Å². The summed E-state index contributed by atoms with van der Waals surface area (Å²) in [5, 5.41) is 1.12. The van der Waals surface area contributed by atoms with E-state index in [2.05, 4.69) is 41.7 Å². The molecule has 0 unspecified atom stereocenters. The minimum Gasteiger partial charge on any atom is -0.254 e. The maximum Gasteiger partial charge on any atom is 0.0961 e. The van der Waals surface area contributed by atoms with Crippen LogP contribution in [0.15, 0.2) is 47.6 Å². The number of aryl methyl sites for hydroxylation is 1. The third-order valence-corrected chi connectivity index (χ3v) is 2.85. The van der Waals surface area contributed by atoms with Gasteiger partial charge in [0.2, 0.25) is 0 Å². The van der Waals surface area contributed by atoms with Crippen LogP contribution < -0.4 is 0 Å². The fourth-order valence-corrected chi connectivity index (χ4v) is 1.63. The van der Waals surface area contributed by atoms with Gasteiger partial charge in [-0.1, -0.05) is 24.8 Å². The zero-order valence-corrected chi connectivity index (χ0v) is 10.5. The number of aliphatic imine (C=N–C) groups is 1. The minimum atomic E-state index is 0.948. The maximum absolute atomic E-state index is 4.64. The van der Waals surface area contributed by atoms with Crippen LogP contribution in [0.25, 0.3) is 10.9 Å². The van der Waals surface area contributed by atoms with Gasteiger partial charge in [0.15, 0.2) is 0 Å². The predicted molar refractivity (Wildman–Crippen MR) is 74.1 cm³/mol. The summed E-state index contributed by atoms with van der Waals surface area (Å²) < 4.78 is 0. The lowest BCUT2D eigenvalue weighted by atomic mass is 10.1. The summed E-state index contributed by atoms with van der Waals surface area (Å²) in [5.74, 6) is 0. The number of aromatic nitrogens is 1. The Kier molecular flexibility index (Phi) is 3.05. The van der Waals surface area contributed by atoms with Gasteiger partial charge in [0.25, 0.3) is 0 Å². The van der Waals surface area contributed by atoms with E-state index in [4.69, 9.17) is 0 Å². The summed E-state index contributed by atoms with van der Waals surface area (Å²) in [6.45, 7) is 9.90. The Bertz CT molecular complexity index is 609. The van der Waals surface area contributed by atoms with E-state index < -0.39 is 0 Å². The molecule has 0 radical (unpaired) electrons. The molecule has 0 aliphatic heterocycles. The number of nitrogens with zero attached hydrogens (tertiary/aromatic N) is 2. The van der Waals surface area contributed by atoms with Crippen molar-refractivity contribution < 1.29 is 0 Å². The zero-order valence-electron chi connectivity index (χ0n) is 10.5. The average Bonchev–Trinajstić information content (AvgIpc) is 2.32. The summed E-state index contributed by atoms with van der Waals surface area (Å²) in [5.41, 5.74) is 4.97. The summed E-state index contributed by atoms with van der Waals surface area (Å²) in [4.78, 5) is 9.06. The molecule has 0 saturated carbocycles. The molecule has 2 nitrogen and oxygen atoms in total. The summed E-state index contributed by atoms with van der Waals surface area (Å²) in [6, 6.07) is 8.15. The molecular formula is C15H16N2. The van der Waals surface area contributed by atoms with Crippen LogP contribution in [-0.2, 0) is 0 Å². The Hall–Kier alpha value is -1.96. The van der Waals surface area contributed by atoms with Gasteiger partial charge in [-0.3, -0.25) is 9.98 Å². The largest absolute Gasteiger partial charge is 0.254 e. The molecule has 2 rings (SSSR count). The Morgan fingerprint density at radius 2 is 2.00 bits per heavy atom. The van der Waals surface area contributed by atoms with Crippen molar-refractivity contribution in [3.8, 4) is 0 Å². The van der Waals surface area contributed by atoms with Crippen LogP contribution in [0.4, 0.5) is 5.69 Å². The van der Waals surface area contributed by atoms with Crippen molar-refractivity contribution in [1.82, 2.24) is 4.98 Å². The van der Waals surface area contributed by atoms with Crippen LogP contribution in [0, 0.1) is 6.92 Å². The zero-order chi connectivity index (χ0) is 12.4. The molecule has 17 heavy (non-hydrogen) atoms. The molecule has 0 aliphatic carbocycles. The smallest absolute Gasteiger partial charge is 0.0961 e. The highest BCUT2D eigenvalue weighted by Crippen LogP contribution is 2.28. The van der Waals surface area contributed by atoms with E-state index in [9.17, 15) is 0 Å². The van der Waals surface area contributed by atoms with Crippen molar-refractivity contribution in [2.75, 3.05) is 0 Å². The molecule has 0 saturated heterocycles. The molecule has 0 fully saturated rings. The standard InChI is InChI=1S/C15H16N2/c1-10(2)12(4)17-14-11(3)7-8-13-6-5-9-16-15(13)14/h5-9H,1H2,2-4H3. The van der Waals surface area contributed by atoms with Crippen LogP contribution in [0.2, 0.25) is 0 Å². The first kappa shape index (κ1) is 11.5. The molecule has 1 heterocycles. The van der Waals surface area contributed by atoms with E-state index in [1.165, 1.54) is 0 Å². The topological polar surface area (TPSA) is 25.2 Å². The number of pyridine rings is 1. The van der Waals surface area contributed by atoms with E-state index in [-0.39, 0.29) is 0 Å². The third-order valence-electron chi connectivity index (χ3n) is 2.85. The van der Waals surface area contributed by atoms with Crippen LogP contribution in [0.3, 0.4) is 0 Å². The summed E-state index contributed by atoms with van der Waals surface area (Å²) in [6.07, 6.45) is 1.80. The number of fused-ring (bicyclic) bond motifs is 1. The van der Waals surface area contributed by atoms with Gasteiger partial charge in [-0.25, -0.2) is 0 Å². The minimum absolute atomic E-state index is 0.948. The Labute approximate surface area is 102 Å². The first-order valence-electron chi connectivity index (χ1n) is 5.65. The van der Waals surface area contributed by atoms with Crippen molar-refractivity contribution in [1.29, 1.82) is 0 Å². The highest BCUT2D eigenvalue weighted by Gasteiger charge is 2.05. The normalized spacial score (nSPS) is 11.8. The van der Waals surface area contributed by atoms with Crippen molar-refractivity contribution in [3.63, 3.8) is 0 Å². The van der Waals surface area contributed by atoms with Crippen LogP contribution in [-0.4, -0.2) is 10.7 Å². The van der Waals surface area contributed by atoms with Gasteiger partial charge < -0.3 is 0 Å². The number of benzene rings is 1. The quantitative estimate of drug-likeness (QED) is 0.701. The van der Waals surface area contributed by atoms with Gasteiger partial charge in [0.1, 0.15) is 0 Å². The summed E-state index contributed by atoms with van der Waals surface area (Å²) >= 11 is 0. The average molecular weight is 224 g/mol. The molecule has 2 aromatic rings. The van der Waals surface area contributed by atoms with Crippen molar-refractivity contribution in [3.05, 3.63) is 48.2 Å². The second-order valence-electron chi connectivity index (χ2n) is 4.28.